The van der Waals surface area contributed by atoms with Gasteiger partial charge in [-0.05, 0) is 43.7 Å². The molecule has 2 heterocycles. The van der Waals surface area contributed by atoms with Crippen LogP contribution in [0.2, 0.25) is 0 Å². The Morgan fingerprint density at radius 2 is 2.07 bits per heavy atom. The van der Waals surface area contributed by atoms with Gasteiger partial charge in [-0.3, -0.25) is 14.8 Å². The molecular formula is C23H38IN5O. The van der Waals surface area contributed by atoms with Crippen LogP contribution in [0.25, 0.3) is 0 Å². The summed E-state index contributed by atoms with van der Waals surface area (Å²) in [6, 6.07) is 4.40. The summed E-state index contributed by atoms with van der Waals surface area (Å²) >= 11 is 0. The topological polar surface area (TPSA) is 69.6 Å². The molecule has 1 saturated heterocycles. The van der Waals surface area contributed by atoms with E-state index in [9.17, 15) is 4.79 Å². The number of likely N-dealkylation sites (tertiary alicyclic amines) is 1. The van der Waals surface area contributed by atoms with E-state index in [1.165, 1.54) is 18.4 Å². The van der Waals surface area contributed by atoms with Gasteiger partial charge in [-0.25, -0.2) is 0 Å². The number of amides is 1. The zero-order valence-electron chi connectivity index (χ0n) is 18.6. The maximum atomic E-state index is 12.7. The minimum atomic E-state index is 0. The Balaban J connectivity index is 0.00000320. The molecule has 0 radical (unpaired) electrons. The first kappa shape index (κ1) is 24.9. The molecule has 1 aromatic rings. The third-order valence-electron chi connectivity index (χ3n) is 6.25. The highest BCUT2D eigenvalue weighted by molar-refractivity contribution is 14.0. The molecule has 30 heavy (non-hydrogen) atoms. The van der Waals surface area contributed by atoms with E-state index < -0.39 is 0 Å². The maximum Gasteiger partial charge on any atom is 0.225 e. The summed E-state index contributed by atoms with van der Waals surface area (Å²) in [5.74, 6) is 2.30. The van der Waals surface area contributed by atoms with Gasteiger partial charge in [0.2, 0.25) is 5.91 Å². The Bertz CT molecular complexity index is 675. The van der Waals surface area contributed by atoms with E-state index in [0.717, 1.165) is 51.4 Å². The van der Waals surface area contributed by atoms with E-state index in [4.69, 9.17) is 4.99 Å². The number of pyridine rings is 1. The van der Waals surface area contributed by atoms with Crippen molar-refractivity contribution in [3.8, 4) is 0 Å². The highest BCUT2D eigenvalue weighted by atomic mass is 127. The molecule has 6 nitrogen and oxygen atoms in total. The van der Waals surface area contributed by atoms with Crippen LogP contribution >= 0.6 is 24.0 Å². The minimum Gasteiger partial charge on any atom is -0.357 e. The molecule has 168 valence electrons. The number of hydrogen-bond acceptors (Lipinski definition) is 3. The van der Waals surface area contributed by atoms with E-state index in [2.05, 4.69) is 47.4 Å². The standard InChI is InChI=1S/C23H37N5O.HI/c1-4-25-23(26-15-21(17(2)3)19-10-7-12-24-14-19)27-20-11-13-28(16-20)22(29)18-8-5-6-9-18;/h7,10,12,14,17-18,20-21H,4-6,8-9,11,13,15-16H2,1-3H3,(H2,25,26,27);1H. The molecule has 2 fully saturated rings. The van der Waals surface area contributed by atoms with Crippen LogP contribution in [-0.2, 0) is 4.79 Å². The number of nitrogens with zero attached hydrogens (tertiary/aromatic N) is 3. The van der Waals surface area contributed by atoms with Crippen molar-refractivity contribution >= 4 is 35.8 Å². The molecule has 1 saturated carbocycles. The fourth-order valence-corrected chi connectivity index (χ4v) is 4.51. The molecule has 7 heteroatoms. The van der Waals surface area contributed by atoms with E-state index in [-0.39, 0.29) is 35.9 Å². The van der Waals surface area contributed by atoms with E-state index >= 15 is 0 Å². The van der Waals surface area contributed by atoms with Crippen molar-refractivity contribution in [2.24, 2.45) is 16.8 Å². The summed E-state index contributed by atoms with van der Waals surface area (Å²) in [6.07, 6.45) is 9.30. The number of rotatable bonds is 7. The molecule has 3 rings (SSSR count). The van der Waals surface area contributed by atoms with Crippen molar-refractivity contribution in [2.45, 2.75) is 64.8 Å². The molecule has 2 aliphatic rings. The summed E-state index contributed by atoms with van der Waals surface area (Å²) in [6.45, 7) is 9.74. The predicted molar refractivity (Wildman–Crippen MR) is 133 cm³/mol. The predicted octanol–water partition coefficient (Wildman–Crippen LogP) is 3.79. The van der Waals surface area contributed by atoms with Gasteiger partial charge in [0.15, 0.2) is 5.96 Å². The highest BCUT2D eigenvalue weighted by Crippen LogP contribution is 2.28. The van der Waals surface area contributed by atoms with Crippen LogP contribution in [0.1, 0.15) is 64.4 Å². The lowest BCUT2D eigenvalue weighted by Gasteiger charge is -2.22. The molecule has 0 aromatic carbocycles. The Hall–Kier alpha value is -1.38. The normalized spacial score (nSPS) is 20.9. The summed E-state index contributed by atoms with van der Waals surface area (Å²) in [5.41, 5.74) is 1.23. The number of guanidine groups is 1. The average molecular weight is 527 g/mol. The number of aliphatic imine (C=N–C) groups is 1. The molecular weight excluding hydrogens is 489 g/mol. The number of aromatic nitrogens is 1. The van der Waals surface area contributed by atoms with Crippen molar-refractivity contribution < 1.29 is 4.79 Å². The van der Waals surface area contributed by atoms with Crippen LogP contribution in [0, 0.1) is 11.8 Å². The average Bonchev–Trinajstić information content (AvgIpc) is 3.41. The molecule has 1 aliphatic carbocycles. The Kier molecular flexibility index (Phi) is 10.3. The number of carbonyl (C=O) groups excluding carboxylic acids is 1. The van der Waals surface area contributed by atoms with Crippen molar-refractivity contribution in [2.75, 3.05) is 26.2 Å². The zero-order chi connectivity index (χ0) is 20.6. The van der Waals surface area contributed by atoms with Crippen LogP contribution < -0.4 is 10.6 Å². The summed E-state index contributed by atoms with van der Waals surface area (Å²) in [7, 11) is 0. The SMILES string of the molecule is CCNC(=NCC(c1cccnc1)C(C)C)NC1CCN(C(=O)C2CCCC2)C1.I. The van der Waals surface area contributed by atoms with Gasteiger partial charge in [0.1, 0.15) is 0 Å². The van der Waals surface area contributed by atoms with E-state index in [1.54, 1.807) is 0 Å². The lowest BCUT2D eigenvalue weighted by Crippen LogP contribution is -2.45. The zero-order valence-corrected chi connectivity index (χ0v) is 21.0. The highest BCUT2D eigenvalue weighted by Gasteiger charge is 2.32. The summed E-state index contributed by atoms with van der Waals surface area (Å²) in [5, 5.41) is 6.94. The van der Waals surface area contributed by atoms with Crippen LogP contribution in [0.5, 0.6) is 0 Å². The van der Waals surface area contributed by atoms with Crippen LogP contribution in [-0.4, -0.2) is 54.0 Å². The van der Waals surface area contributed by atoms with Gasteiger partial charge in [-0.1, -0.05) is 32.8 Å². The molecule has 2 N–H and O–H groups in total. The van der Waals surface area contributed by atoms with Crippen molar-refractivity contribution in [3.05, 3.63) is 30.1 Å². The second kappa shape index (κ2) is 12.5. The van der Waals surface area contributed by atoms with Gasteiger partial charge >= 0.3 is 0 Å². The second-order valence-corrected chi connectivity index (χ2v) is 8.75. The van der Waals surface area contributed by atoms with Gasteiger partial charge in [0.05, 0.1) is 0 Å². The molecule has 1 amide bonds. The van der Waals surface area contributed by atoms with E-state index in [0.29, 0.717) is 17.7 Å². The van der Waals surface area contributed by atoms with E-state index in [1.807, 2.05) is 18.5 Å². The monoisotopic (exact) mass is 527 g/mol. The third kappa shape index (κ3) is 6.82. The quantitative estimate of drug-likeness (QED) is 0.322. The Morgan fingerprint density at radius 1 is 1.30 bits per heavy atom. The van der Waals surface area contributed by atoms with Gasteiger partial charge in [0, 0.05) is 56.5 Å². The number of carbonyl (C=O) groups is 1. The number of hydrogen-bond donors (Lipinski definition) is 2. The van der Waals surface area contributed by atoms with Crippen LogP contribution in [0.15, 0.2) is 29.5 Å². The maximum absolute atomic E-state index is 12.7. The summed E-state index contributed by atoms with van der Waals surface area (Å²) < 4.78 is 0. The lowest BCUT2D eigenvalue weighted by atomic mass is 9.89. The largest absolute Gasteiger partial charge is 0.357 e. The molecule has 0 bridgehead atoms. The van der Waals surface area contributed by atoms with Crippen molar-refractivity contribution in [3.63, 3.8) is 0 Å². The van der Waals surface area contributed by atoms with Crippen molar-refractivity contribution in [1.82, 2.24) is 20.5 Å². The number of nitrogens with one attached hydrogen (secondary N) is 2. The third-order valence-corrected chi connectivity index (χ3v) is 6.25. The van der Waals surface area contributed by atoms with Gasteiger partial charge < -0.3 is 15.5 Å². The molecule has 2 unspecified atom stereocenters. The fourth-order valence-electron chi connectivity index (χ4n) is 4.51. The number of halogens is 1. The molecule has 1 aliphatic heterocycles. The molecule has 2 atom stereocenters. The summed E-state index contributed by atoms with van der Waals surface area (Å²) in [4.78, 5) is 23.9. The first-order valence-electron chi connectivity index (χ1n) is 11.3. The first-order chi connectivity index (χ1) is 14.1. The van der Waals surface area contributed by atoms with Gasteiger partial charge in [0.25, 0.3) is 0 Å². The fraction of sp³-hybridized carbons (Fsp3) is 0.696. The Labute approximate surface area is 198 Å². The smallest absolute Gasteiger partial charge is 0.225 e. The molecule has 1 aromatic heterocycles. The first-order valence-corrected chi connectivity index (χ1v) is 11.3. The van der Waals surface area contributed by atoms with Gasteiger partial charge in [-0.15, -0.1) is 24.0 Å². The minimum absolute atomic E-state index is 0. The van der Waals surface area contributed by atoms with Crippen molar-refractivity contribution in [1.29, 1.82) is 0 Å². The van der Waals surface area contributed by atoms with Crippen LogP contribution in [0.4, 0.5) is 0 Å². The molecule has 0 spiro atoms. The lowest BCUT2D eigenvalue weighted by molar-refractivity contribution is -0.134. The van der Waals surface area contributed by atoms with Crippen LogP contribution in [0.3, 0.4) is 0 Å². The van der Waals surface area contributed by atoms with Gasteiger partial charge in [-0.2, -0.15) is 0 Å². The second-order valence-electron chi connectivity index (χ2n) is 8.75. The Morgan fingerprint density at radius 3 is 2.70 bits per heavy atom.